The van der Waals surface area contributed by atoms with Gasteiger partial charge in [-0.2, -0.15) is 0 Å². The minimum atomic E-state index is 0.820. The molecular formula is C11H19NS. The van der Waals surface area contributed by atoms with Gasteiger partial charge < -0.3 is 5.32 Å². The molecule has 0 aromatic rings. The van der Waals surface area contributed by atoms with Crippen LogP contribution < -0.4 is 5.32 Å². The maximum atomic E-state index is 3.31. The van der Waals surface area contributed by atoms with E-state index in [-0.39, 0.29) is 0 Å². The molecule has 2 heteroatoms. The third-order valence-corrected chi connectivity index (χ3v) is 4.96. The van der Waals surface area contributed by atoms with Crippen molar-refractivity contribution in [2.45, 2.75) is 31.9 Å². The van der Waals surface area contributed by atoms with Crippen LogP contribution in [0.5, 0.6) is 0 Å². The van der Waals surface area contributed by atoms with Crippen LogP contribution in [-0.4, -0.2) is 18.8 Å². The Balaban J connectivity index is 2.12. The fourth-order valence-corrected chi connectivity index (χ4v) is 4.15. The average molecular weight is 197 g/mol. The summed E-state index contributed by atoms with van der Waals surface area (Å²) in [4.78, 5) is 1.72. The smallest absolute Gasteiger partial charge is 0.0126 e. The zero-order valence-corrected chi connectivity index (χ0v) is 9.58. The summed E-state index contributed by atoms with van der Waals surface area (Å²) in [6.07, 6.45) is 2.73. The molecule has 0 radical (unpaired) electrons. The van der Waals surface area contributed by atoms with Crippen LogP contribution in [0.4, 0.5) is 0 Å². The molecular weight excluding hydrogens is 178 g/mol. The summed E-state index contributed by atoms with van der Waals surface area (Å²) in [5.41, 5.74) is 1.78. The minimum Gasteiger partial charge on any atom is -0.319 e. The van der Waals surface area contributed by atoms with E-state index in [1.165, 1.54) is 19.4 Å². The number of nitrogens with one attached hydrogen (secondary N) is 1. The topological polar surface area (TPSA) is 12.0 Å². The van der Waals surface area contributed by atoms with Crippen molar-refractivity contribution in [2.24, 2.45) is 11.8 Å². The molecule has 0 fully saturated rings. The number of hydrogen-bond acceptors (Lipinski definition) is 2. The van der Waals surface area contributed by atoms with Crippen LogP contribution >= 0.6 is 11.8 Å². The third-order valence-electron chi connectivity index (χ3n) is 3.46. The van der Waals surface area contributed by atoms with Crippen LogP contribution in [0.15, 0.2) is 10.5 Å². The van der Waals surface area contributed by atoms with E-state index in [2.05, 4.69) is 38.0 Å². The number of hydrogen-bond donors (Lipinski definition) is 1. The minimum absolute atomic E-state index is 0.820. The molecule has 1 aliphatic heterocycles. The molecule has 0 aromatic carbocycles. The van der Waals surface area contributed by atoms with Crippen molar-refractivity contribution in [3.8, 4) is 0 Å². The molecule has 1 nitrogen and oxygen atoms in total. The second-order valence-electron chi connectivity index (χ2n) is 4.28. The van der Waals surface area contributed by atoms with Gasteiger partial charge in [0, 0.05) is 11.8 Å². The molecule has 0 amide bonds. The van der Waals surface area contributed by atoms with Crippen LogP contribution in [0.1, 0.15) is 26.7 Å². The van der Waals surface area contributed by atoms with Gasteiger partial charge in [0.15, 0.2) is 0 Å². The van der Waals surface area contributed by atoms with Gasteiger partial charge >= 0.3 is 0 Å². The zero-order valence-electron chi connectivity index (χ0n) is 8.76. The molecule has 13 heavy (non-hydrogen) atoms. The predicted molar refractivity (Wildman–Crippen MR) is 59.9 cm³/mol. The van der Waals surface area contributed by atoms with Crippen LogP contribution in [0.25, 0.3) is 0 Å². The Morgan fingerprint density at radius 2 is 2.23 bits per heavy atom. The van der Waals surface area contributed by atoms with Crippen molar-refractivity contribution >= 4 is 11.8 Å². The highest BCUT2D eigenvalue weighted by Crippen LogP contribution is 2.51. The van der Waals surface area contributed by atoms with Crippen molar-refractivity contribution in [3.63, 3.8) is 0 Å². The van der Waals surface area contributed by atoms with Crippen molar-refractivity contribution < 1.29 is 0 Å². The van der Waals surface area contributed by atoms with Gasteiger partial charge in [-0.15, -0.1) is 11.8 Å². The largest absolute Gasteiger partial charge is 0.319 e. The first-order valence-corrected chi connectivity index (χ1v) is 6.16. The Morgan fingerprint density at radius 1 is 1.46 bits per heavy atom. The van der Waals surface area contributed by atoms with Gasteiger partial charge in [0.05, 0.1) is 0 Å². The van der Waals surface area contributed by atoms with E-state index < -0.39 is 0 Å². The molecule has 1 aliphatic carbocycles. The van der Waals surface area contributed by atoms with E-state index in [9.17, 15) is 0 Å². The fourth-order valence-electron chi connectivity index (χ4n) is 2.62. The molecule has 2 rings (SSSR count). The molecule has 0 saturated carbocycles. The zero-order chi connectivity index (χ0) is 9.42. The van der Waals surface area contributed by atoms with Gasteiger partial charge in [-0.3, -0.25) is 0 Å². The molecule has 1 N–H and O–H groups in total. The molecule has 74 valence electrons. The average Bonchev–Trinajstić information content (AvgIpc) is 2.58. The lowest BCUT2D eigenvalue weighted by Crippen LogP contribution is -2.22. The normalized spacial score (nSPS) is 38.5. The fraction of sp³-hybridized carbons (Fsp3) is 0.818. The molecule has 0 aromatic heterocycles. The lowest BCUT2D eigenvalue weighted by Gasteiger charge is -2.20. The molecule has 0 saturated heterocycles. The second-order valence-corrected chi connectivity index (χ2v) is 5.76. The van der Waals surface area contributed by atoms with Crippen LogP contribution in [0.2, 0.25) is 0 Å². The van der Waals surface area contributed by atoms with Crippen molar-refractivity contribution in [3.05, 3.63) is 10.5 Å². The van der Waals surface area contributed by atoms with E-state index in [4.69, 9.17) is 0 Å². The summed E-state index contributed by atoms with van der Waals surface area (Å²) >= 11 is 2.13. The highest BCUT2D eigenvalue weighted by molar-refractivity contribution is 8.03. The number of rotatable bonds is 2. The van der Waals surface area contributed by atoms with E-state index >= 15 is 0 Å². The summed E-state index contributed by atoms with van der Waals surface area (Å²) in [7, 11) is 2.06. The Morgan fingerprint density at radius 3 is 2.92 bits per heavy atom. The molecule has 1 heterocycles. The van der Waals surface area contributed by atoms with Crippen molar-refractivity contribution in [1.82, 2.24) is 5.32 Å². The summed E-state index contributed by atoms with van der Waals surface area (Å²) < 4.78 is 0. The lowest BCUT2D eigenvalue weighted by molar-refractivity contribution is 0.503. The van der Waals surface area contributed by atoms with Gasteiger partial charge in [-0.25, -0.2) is 0 Å². The van der Waals surface area contributed by atoms with E-state index in [1.807, 2.05) is 0 Å². The van der Waals surface area contributed by atoms with Gasteiger partial charge in [0.1, 0.15) is 0 Å². The SMILES string of the molecule is CNCC1CCC2=C1C(C)C(C)S2. The summed E-state index contributed by atoms with van der Waals surface area (Å²) in [5.74, 6) is 1.66. The van der Waals surface area contributed by atoms with Crippen molar-refractivity contribution in [1.29, 1.82) is 0 Å². The summed E-state index contributed by atoms with van der Waals surface area (Å²) in [5, 5.41) is 4.14. The standard InChI is InChI=1S/C11H19NS/c1-7-8(2)13-10-5-4-9(6-12-3)11(7)10/h7-9,12H,4-6H2,1-3H3. The molecule has 3 atom stereocenters. The Hall–Kier alpha value is 0.0500. The maximum Gasteiger partial charge on any atom is 0.0126 e. The van der Waals surface area contributed by atoms with Gasteiger partial charge in [-0.1, -0.05) is 19.4 Å². The first kappa shape index (κ1) is 9.60. The predicted octanol–water partition coefficient (Wildman–Crippen LogP) is 2.64. The van der Waals surface area contributed by atoms with E-state index in [1.54, 1.807) is 10.5 Å². The lowest BCUT2D eigenvalue weighted by atomic mass is 9.89. The maximum absolute atomic E-state index is 3.31. The monoisotopic (exact) mass is 197 g/mol. The first-order chi connectivity index (χ1) is 6.24. The molecule has 3 unspecified atom stereocenters. The Labute approximate surface area is 85.4 Å². The van der Waals surface area contributed by atoms with Crippen molar-refractivity contribution in [2.75, 3.05) is 13.6 Å². The molecule has 2 aliphatic rings. The quantitative estimate of drug-likeness (QED) is 0.730. The second kappa shape index (κ2) is 3.66. The Bertz CT molecular complexity index is 234. The summed E-state index contributed by atoms with van der Waals surface area (Å²) in [6.45, 7) is 5.94. The van der Waals surface area contributed by atoms with Crippen LogP contribution in [-0.2, 0) is 0 Å². The summed E-state index contributed by atoms with van der Waals surface area (Å²) in [6, 6.07) is 0. The van der Waals surface area contributed by atoms with E-state index in [0.717, 1.165) is 17.1 Å². The first-order valence-electron chi connectivity index (χ1n) is 5.28. The number of allylic oxidation sites excluding steroid dienone is 1. The third kappa shape index (κ3) is 1.55. The van der Waals surface area contributed by atoms with E-state index in [0.29, 0.717) is 0 Å². The van der Waals surface area contributed by atoms with Gasteiger partial charge in [0.2, 0.25) is 0 Å². The molecule has 0 bridgehead atoms. The Kier molecular flexibility index (Phi) is 2.70. The van der Waals surface area contributed by atoms with Gasteiger partial charge in [-0.05, 0) is 36.6 Å². The van der Waals surface area contributed by atoms with Gasteiger partial charge in [0.25, 0.3) is 0 Å². The van der Waals surface area contributed by atoms with Crippen LogP contribution in [0, 0.1) is 11.8 Å². The highest BCUT2D eigenvalue weighted by atomic mass is 32.2. The van der Waals surface area contributed by atoms with Crippen LogP contribution in [0.3, 0.4) is 0 Å². The highest BCUT2D eigenvalue weighted by Gasteiger charge is 2.37. The molecule has 0 spiro atoms. The number of thioether (sulfide) groups is 1.